The smallest absolute Gasteiger partial charge is 0.327 e. The van der Waals surface area contributed by atoms with E-state index in [0.29, 0.717) is 31.8 Å². The molecule has 0 aromatic heterocycles. The van der Waals surface area contributed by atoms with Crippen LogP contribution in [0.1, 0.15) is 52.2 Å². The van der Waals surface area contributed by atoms with Gasteiger partial charge in [-0.2, -0.15) is 5.26 Å². The lowest BCUT2D eigenvalue weighted by Crippen LogP contribution is -2.59. The van der Waals surface area contributed by atoms with Crippen LogP contribution in [0.25, 0.3) is 0 Å². The Morgan fingerprint density at radius 2 is 1.36 bits per heavy atom. The van der Waals surface area contributed by atoms with Crippen LogP contribution in [0.2, 0.25) is 20.1 Å². The van der Waals surface area contributed by atoms with Crippen molar-refractivity contribution in [3.8, 4) is 6.07 Å². The highest BCUT2D eigenvalue weighted by Crippen LogP contribution is 2.65. The van der Waals surface area contributed by atoms with E-state index in [1.54, 1.807) is 104 Å². The number of ether oxygens (including phenoxy) is 1. The number of hydrogen-bond acceptors (Lipinski definition) is 5. The van der Waals surface area contributed by atoms with Gasteiger partial charge in [0.1, 0.15) is 5.60 Å². The highest BCUT2D eigenvalue weighted by Gasteiger charge is 2.68. The van der Waals surface area contributed by atoms with Crippen LogP contribution in [0.3, 0.4) is 0 Å². The third-order valence-corrected chi connectivity index (χ3v) is 9.67. The van der Waals surface area contributed by atoms with Gasteiger partial charge in [0.05, 0.1) is 18.6 Å². The number of aliphatic hydroxyl groups is 1. The summed E-state index contributed by atoms with van der Waals surface area (Å²) in [6, 6.07) is 28.6. The first-order chi connectivity index (χ1) is 21.1. The molecule has 1 aliphatic rings. The van der Waals surface area contributed by atoms with E-state index in [1.165, 1.54) is 0 Å². The van der Waals surface area contributed by atoms with Crippen molar-refractivity contribution in [2.45, 2.75) is 30.8 Å². The van der Waals surface area contributed by atoms with Gasteiger partial charge >= 0.3 is 5.97 Å². The first-order valence-electron chi connectivity index (χ1n) is 13.9. The predicted octanol–water partition coefficient (Wildman–Crippen LogP) is 9.03. The maximum atomic E-state index is 14.8. The maximum Gasteiger partial charge on any atom is 0.327 e. The molecule has 0 bridgehead atoms. The number of carbonyl (C=O) groups excluding carboxylic acids is 2. The van der Waals surface area contributed by atoms with E-state index in [-0.39, 0.29) is 23.6 Å². The number of carbonyl (C=O) groups is 2. The van der Waals surface area contributed by atoms with Gasteiger partial charge in [0.2, 0.25) is 0 Å². The summed E-state index contributed by atoms with van der Waals surface area (Å²) in [5.41, 5.74) is -2.60. The third kappa shape index (κ3) is 5.51. The second-order valence-corrected chi connectivity index (χ2v) is 12.4. The van der Waals surface area contributed by atoms with Gasteiger partial charge in [0.15, 0.2) is 11.2 Å². The average Bonchev–Trinajstić information content (AvgIpc) is 3.01. The zero-order chi connectivity index (χ0) is 31.6. The van der Waals surface area contributed by atoms with Gasteiger partial charge in [0, 0.05) is 37.5 Å². The minimum absolute atomic E-state index is 0.0238. The standard InChI is InChI=1S/C35H27Cl4NO4/c1-2-44-33(42)34(20-40)27(25-7-3-5-9-28(25)38)19-35(43,22-13-17-24(37)18-14-22)31(30(34)26-8-4-6-10-29(26)39)32(41)21-11-15-23(36)16-12-21/h3-18,27,30-31,43H,2,19H2,1H3/t27-,30-,31+,34+,35-/m0/s1. The van der Waals surface area contributed by atoms with E-state index in [1.807, 2.05) is 0 Å². The van der Waals surface area contributed by atoms with Crippen molar-refractivity contribution in [3.05, 3.63) is 139 Å². The molecule has 5 nitrogen and oxygen atoms in total. The Bertz CT molecular complexity index is 1740. The molecule has 5 atom stereocenters. The Morgan fingerprint density at radius 3 is 1.89 bits per heavy atom. The van der Waals surface area contributed by atoms with Crippen LogP contribution >= 0.6 is 46.4 Å². The highest BCUT2D eigenvalue weighted by molar-refractivity contribution is 6.32. The molecule has 1 saturated carbocycles. The Hall–Kier alpha value is -3.37. The normalized spacial score (nSPS) is 24.7. The number of hydrogen-bond donors (Lipinski definition) is 1. The molecule has 0 amide bonds. The van der Waals surface area contributed by atoms with Crippen LogP contribution in [0.5, 0.6) is 0 Å². The molecular weight excluding hydrogens is 640 g/mol. The van der Waals surface area contributed by atoms with Crippen molar-refractivity contribution in [1.29, 1.82) is 5.26 Å². The van der Waals surface area contributed by atoms with Gasteiger partial charge in [-0.15, -0.1) is 0 Å². The van der Waals surface area contributed by atoms with Gasteiger partial charge < -0.3 is 9.84 Å². The van der Waals surface area contributed by atoms with E-state index >= 15 is 0 Å². The summed E-state index contributed by atoms with van der Waals surface area (Å²) in [6.07, 6.45) is -0.226. The zero-order valence-corrected chi connectivity index (χ0v) is 26.5. The third-order valence-electron chi connectivity index (χ3n) is 8.48. The number of halogens is 4. The molecule has 5 rings (SSSR count). The fourth-order valence-corrected chi connectivity index (χ4v) is 7.30. The van der Waals surface area contributed by atoms with Crippen LogP contribution < -0.4 is 0 Å². The molecule has 0 aliphatic heterocycles. The molecule has 1 fully saturated rings. The molecular formula is C35H27Cl4NO4. The summed E-state index contributed by atoms with van der Waals surface area (Å²) in [5, 5.41) is 25.6. The van der Waals surface area contributed by atoms with Crippen molar-refractivity contribution in [2.24, 2.45) is 11.3 Å². The molecule has 9 heteroatoms. The van der Waals surface area contributed by atoms with Crippen molar-refractivity contribution < 1.29 is 19.4 Å². The minimum Gasteiger partial charge on any atom is -0.465 e. The maximum absolute atomic E-state index is 14.8. The molecule has 0 heterocycles. The largest absolute Gasteiger partial charge is 0.465 e. The van der Waals surface area contributed by atoms with Crippen molar-refractivity contribution >= 4 is 58.2 Å². The molecule has 1 aliphatic carbocycles. The van der Waals surface area contributed by atoms with Crippen molar-refractivity contribution in [1.82, 2.24) is 0 Å². The number of ketones is 1. The lowest BCUT2D eigenvalue weighted by Gasteiger charge is -2.54. The van der Waals surface area contributed by atoms with Crippen LogP contribution in [-0.2, 0) is 15.1 Å². The molecule has 0 radical (unpaired) electrons. The Balaban J connectivity index is 1.93. The summed E-state index contributed by atoms with van der Waals surface area (Å²) < 4.78 is 5.62. The summed E-state index contributed by atoms with van der Waals surface area (Å²) >= 11 is 26.0. The van der Waals surface area contributed by atoms with Crippen LogP contribution in [0, 0.1) is 22.7 Å². The number of Topliss-reactive ketones (excluding diaryl/α,β-unsaturated/α-hetero) is 1. The fourth-order valence-electron chi connectivity index (χ4n) is 6.53. The lowest BCUT2D eigenvalue weighted by atomic mass is 9.47. The topological polar surface area (TPSA) is 87.4 Å². The molecule has 4 aromatic rings. The van der Waals surface area contributed by atoms with Gasteiger partial charge in [-0.1, -0.05) is 94.9 Å². The van der Waals surface area contributed by atoms with Gasteiger partial charge in [-0.25, -0.2) is 0 Å². The molecule has 1 N–H and O–H groups in total. The first kappa shape index (κ1) is 32.0. The number of nitrogens with zero attached hydrogens (tertiary/aromatic N) is 1. The number of benzene rings is 4. The lowest BCUT2D eigenvalue weighted by molar-refractivity contribution is -0.164. The fraction of sp³-hybridized carbons (Fsp3) is 0.229. The summed E-state index contributed by atoms with van der Waals surface area (Å²) in [6.45, 7) is 1.62. The Kier molecular flexibility index (Phi) is 9.41. The highest BCUT2D eigenvalue weighted by atomic mass is 35.5. The molecule has 44 heavy (non-hydrogen) atoms. The quantitative estimate of drug-likeness (QED) is 0.157. The second-order valence-electron chi connectivity index (χ2n) is 10.8. The van der Waals surface area contributed by atoms with E-state index in [9.17, 15) is 20.0 Å². The predicted molar refractivity (Wildman–Crippen MR) is 172 cm³/mol. The van der Waals surface area contributed by atoms with Crippen molar-refractivity contribution in [2.75, 3.05) is 6.61 Å². The summed E-state index contributed by atoms with van der Waals surface area (Å²) in [7, 11) is 0. The summed E-state index contributed by atoms with van der Waals surface area (Å²) in [4.78, 5) is 29.1. The van der Waals surface area contributed by atoms with Gasteiger partial charge in [-0.05, 0) is 78.6 Å². The minimum atomic E-state index is -2.04. The first-order valence-corrected chi connectivity index (χ1v) is 15.4. The Morgan fingerprint density at radius 1 is 0.841 bits per heavy atom. The monoisotopic (exact) mass is 665 g/mol. The van der Waals surface area contributed by atoms with E-state index < -0.39 is 40.5 Å². The molecule has 0 unspecified atom stereocenters. The summed E-state index contributed by atoms with van der Waals surface area (Å²) in [5.74, 6) is -5.07. The molecule has 4 aromatic carbocycles. The zero-order valence-electron chi connectivity index (χ0n) is 23.5. The molecule has 224 valence electrons. The molecule has 0 spiro atoms. The van der Waals surface area contributed by atoms with E-state index in [0.717, 1.165) is 0 Å². The van der Waals surface area contributed by atoms with Gasteiger partial charge in [0.25, 0.3) is 0 Å². The van der Waals surface area contributed by atoms with Crippen LogP contribution in [0.15, 0.2) is 97.1 Å². The van der Waals surface area contributed by atoms with Gasteiger partial charge in [-0.3, -0.25) is 9.59 Å². The number of nitriles is 1. The van der Waals surface area contributed by atoms with E-state index in [4.69, 9.17) is 51.1 Å². The molecule has 0 saturated heterocycles. The second kappa shape index (κ2) is 12.9. The van der Waals surface area contributed by atoms with Crippen molar-refractivity contribution in [3.63, 3.8) is 0 Å². The number of esters is 1. The average molecular weight is 667 g/mol. The van der Waals surface area contributed by atoms with Crippen LogP contribution in [0.4, 0.5) is 0 Å². The Labute approximate surface area is 275 Å². The SMILES string of the molecule is CCOC(=O)[C@]1(C#N)[C@H](c2ccccc2Cl)C[C@](O)(c2ccc(Cl)cc2)[C@@H](C(=O)c2ccc(Cl)cc2)[C@@H]1c1ccccc1Cl. The van der Waals surface area contributed by atoms with E-state index in [2.05, 4.69) is 6.07 Å². The number of rotatable bonds is 7. The van der Waals surface area contributed by atoms with Crippen LogP contribution in [-0.4, -0.2) is 23.5 Å².